The van der Waals surface area contributed by atoms with Crippen LogP contribution in [-0.4, -0.2) is 6.67 Å². The summed E-state index contributed by atoms with van der Waals surface area (Å²) in [6, 6.07) is 98.5. The Bertz CT molecular complexity index is 2750. The predicted molar refractivity (Wildman–Crippen MR) is 297 cm³/mol. The lowest BCUT2D eigenvalue weighted by atomic mass is 9.77. The molecule has 10 aromatic carbocycles. The second-order valence-electron chi connectivity index (χ2n) is 19.0. The third-order valence-electron chi connectivity index (χ3n) is 14.2. The van der Waals surface area contributed by atoms with E-state index in [1.54, 1.807) is 0 Å². The number of rotatable bonds is 14. The van der Waals surface area contributed by atoms with Gasteiger partial charge in [-0.15, -0.1) is 0 Å². The number of hydrogen-bond acceptors (Lipinski definition) is 2. The lowest BCUT2D eigenvalue weighted by Gasteiger charge is -2.35. The highest BCUT2D eigenvalue weighted by Crippen LogP contribution is 2.50. The molecule has 71 heavy (non-hydrogen) atoms. The van der Waals surface area contributed by atoms with Crippen LogP contribution in [0, 0.1) is 13.8 Å². The van der Waals surface area contributed by atoms with E-state index >= 15 is 0 Å². The average Bonchev–Trinajstić information content (AvgIpc) is 3.91. The molecular weight excluding hydrogens is 857 g/mol. The number of hydrogen-bond donors (Lipinski definition) is 0. The van der Waals surface area contributed by atoms with Gasteiger partial charge < -0.3 is 9.80 Å². The van der Waals surface area contributed by atoms with Crippen LogP contribution in [0.1, 0.15) is 102 Å². The molecular formula is C69H58N2. The fraction of sp³-hybridized carbons (Fsp3) is 0.101. The molecule has 1 heterocycles. The minimum Gasteiger partial charge on any atom is -0.327 e. The van der Waals surface area contributed by atoms with Gasteiger partial charge in [-0.1, -0.05) is 278 Å². The van der Waals surface area contributed by atoms with Crippen molar-refractivity contribution in [1.82, 2.24) is 0 Å². The van der Waals surface area contributed by atoms with Crippen LogP contribution in [-0.2, 0) is 0 Å². The van der Waals surface area contributed by atoms with Gasteiger partial charge in [-0.2, -0.15) is 0 Å². The maximum absolute atomic E-state index is 2.55. The Kier molecular flexibility index (Phi) is 13.1. The number of benzene rings is 10. The Balaban J connectivity index is 1.17. The van der Waals surface area contributed by atoms with E-state index in [1.165, 1.54) is 89.3 Å². The van der Waals surface area contributed by atoms with E-state index in [2.05, 4.69) is 303 Å². The Labute approximate surface area is 420 Å². The van der Waals surface area contributed by atoms with Gasteiger partial charge in [0.1, 0.15) is 0 Å². The third kappa shape index (κ3) is 9.38. The fourth-order valence-corrected chi connectivity index (χ4v) is 11.3. The zero-order valence-corrected chi connectivity index (χ0v) is 40.5. The first kappa shape index (κ1) is 45.0. The molecule has 0 spiro atoms. The van der Waals surface area contributed by atoms with Crippen molar-refractivity contribution < 1.29 is 0 Å². The summed E-state index contributed by atoms with van der Waals surface area (Å²) in [5.74, 6) is -0.140. The molecule has 11 rings (SSSR count). The van der Waals surface area contributed by atoms with Gasteiger partial charge >= 0.3 is 0 Å². The second kappa shape index (κ2) is 20.6. The van der Waals surface area contributed by atoms with E-state index in [-0.39, 0.29) is 23.7 Å². The number of aryl methyl sites for hydroxylation is 2. The molecule has 1 aliphatic rings. The van der Waals surface area contributed by atoms with Gasteiger partial charge in [-0.3, -0.25) is 0 Å². The summed E-state index contributed by atoms with van der Waals surface area (Å²) in [7, 11) is 0. The first-order chi connectivity index (χ1) is 35.1. The monoisotopic (exact) mass is 914 g/mol. The van der Waals surface area contributed by atoms with Crippen LogP contribution in [0.4, 0.5) is 11.4 Å². The minimum absolute atomic E-state index is 0.0349. The number of nitrogens with zero attached hydrogens (tertiary/aromatic N) is 2. The van der Waals surface area contributed by atoms with Crippen molar-refractivity contribution in [2.75, 3.05) is 16.5 Å². The largest absolute Gasteiger partial charge is 0.327 e. The van der Waals surface area contributed by atoms with E-state index in [1.807, 2.05) is 0 Å². The molecule has 344 valence electrons. The van der Waals surface area contributed by atoms with Gasteiger partial charge in [0.25, 0.3) is 0 Å². The minimum atomic E-state index is -0.0349. The Morgan fingerprint density at radius 3 is 0.592 bits per heavy atom. The molecule has 0 radical (unpaired) electrons. The lowest BCUT2D eigenvalue weighted by Crippen LogP contribution is -2.30. The first-order valence-electron chi connectivity index (χ1n) is 25.0. The van der Waals surface area contributed by atoms with E-state index in [4.69, 9.17) is 0 Å². The Morgan fingerprint density at radius 1 is 0.254 bits per heavy atom. The first-order valence-corrected chi connectivity index (χ1v) is 25.0. The van der Waals surface area contributed by atoms with Crippen molar-refractivity contribution in [3.63, 3.8) is 0 Å². The van der Waals surface area contributed by atoms with Crippen LogP contribution >= 0.6 is 0 Å². The zero-order valence-electron chi connectivity index (χ0n) is 40.5. The SMILES string of the molecule is Cc1cc(C(c2ccccc2)c2ccccc2)c(N2C=CN(c3c(C(c4ccccc4)c4ccccc4)cc(C)cc3C(c3ccccc3)c3ccccc3)C2)c(C(c2ccccc2)c2ccccc2)c1. The summed E-state index contributed by atoms with van der Waals surface area (Å²) >= 11 is 0. The van der Waals surface area contributed by atoms with Gasteiger partial charge in [0.2, 0.25) is 0 Å². The second-order valence-corrected chi connectivity index (χ2v) is 19.0. The molecule has 2 nitrogen and oxygen atoms in total. The normalized spacial score (nSPS) is 12.4. The number of anilines is 2. The summed E-state index contributed by atoms with van der Waals surface area (Å²) in [5.41, 5.74) is 20.1. The van der Waals surface area contributed by atoms with Crippen molar-refractivity contribution in [1.29, 1.82) is 0 Å². The van der Waals surface area contributed by atoms with Gasteiger partial charge in [-0.05, 0) is 80.6 Å². The molecule has 0 atom stereocenters. The van der Waals surface area contributed by atoms with E-state index in [9.17, 15) is 0 Å². The molecule has 0 unspecified atom stereocenters. The Morgan fingerprint density at radius 2 is 0.423 bits per heavy atom. The van der Waals surface area contributed by atoms with E-state index in [0.29, 0.717) is 6.67 Å². The third-order valence-corrected chi connectivity index (χ3v) is 14.2. The highest BCUT2D eigenvalue weighted by Gasteiger charge is 2.35. The molecule has 0 aliphatic carbocycles. The summed E-state index contributed by atoms with van der Waals surface area (Å²) in [5, 5.41) is 0. The van der Waals surface area contributed by atoms with E-state index in [0.717, 1.165) is 0 Å². The van der Waals surface area contributed by atoms with Crippen LogP contribution in [0.5, 0.6) is 0 Å². The van der Waals surface area contributed by atoms with Gasteiger partial charge in [-0.25, -0.2) is 0 Å². The maximum atomic E-state index is 2.55. The summed E-state index contributed by atoms with van der Waals surface area (Å²) < 4.78 is 0. The molecule has 2 heteroatoms. The highest BCUT2D eigenvalue weighted by molar-refractivity contribution is 5.76. The fourth-order valence-electron chi connectivity index (χ4n) is 11.3. The molecule has 0 aromatic heterocycles. The molecule has 0 N–H and O–H groups in total. The van der Waals surface area contributed by atoms with Gasteiger partial charge in [0.05, 0.1) is 18.0 Å². The topological polar surface area (TPSA) is 6.48 Å². The molecule has 10 aromatic rings. The van der Waals surface area contributed by atoms with Crippen molar-refractivity contribution in [3.8, 4) is 0 Å². The van der Waals surface area contributed by atoms with Crippen molar-refractivity contribution in [3.05, 3.63) is 357 Å². The van der Waals surface area contributed by atoms with Crippen LogP contribution in [0.15, 0.2) is 279 Å². The quantitative estimate of drug-likeness (QED) is 0.100. The van der Waals surface area contributed by atoms with Crippen molar-refractivity contribution >= 4 is 11.4 Å². The van der Waals surface area contributed by atoms with Crippen molar-refractivity contribution in [2.24, 2.45) is 0 Å². The smallest absolute Gasteiger partial charge is 0.0989 e. The van der Waals surface area contributed by atoms with Gasteiger partial charge in [0.15, 0.2) is 0 Å². The van der Waals surface area contributed by atoms with Gasteiger partial charge in [0, 0.05) is 36.1 Å². The molecule has 0 fully saturated rings. The average molecular weight is 915 g/mol. The standard InChI is InChI=1S/C69H58N2/c1-50-45-60(64(52-27-11-3-12-28-52)53-29-13-4-14-30-53)68(61(46-50)65(54-31-15-5-16-32-54)55-33-17-6-18-34-55)70-43-44-71(49-70)69-62(66(56-35-19-7-20-36-56)57-37-21-8-22-38-57)47-51(2)48-63(69)67(58-39-23-9-24-40-58)59-41-25-10-26-42-59/h3-48,64-67H,49H2,1-2H3. The molecule has 0 bridgehead atoms. The molecule has 0 amide bonds. The maximum Gasteiger partial charge on any atom is 0.0989 e. The molecule has 0 saturated heterocycles. The predicted octanol–water partition coefficient (Wildman–Crippen LogP) is 16.8. The summed E-state index contributed by atoms with van der Waals surface area (Å²) in [6.45, 7) is 5.15. The summed E-state index contributed by atoms with van der Waals surface area (Å²) in [4.78, 5) is 5.10. The van der Waals surface area contributed by atoms with Crippen LogP contribution in [0.25, 0.3) is 0 Å². The van der Waals surface area contributed by atoms with Crippen LogP contribution < -0.4 is 9.80 Å². The zero-order chi connectivity index (χ0) is 47.9. The van der Waals surface area contributed by atoms with E-state index < -0.39 is 0 Å². The van der Waals surface area contributed by atoms with Crippen molar-refractivity contribution in [2.45, 2.75) is 37.5 Å². The summed E-state index contributed by atoms with van der Waals surface area (Å²) in [6.07, 6.45) is 4.70. The molecule has 0 saturated carbocycles. The molecule has 1 aliphatic heterocycles. The van der Waals surface area contributed by atoms with Crippen LogP contribution in [0.2, 0.25) is 0 Å². The highest BCUT2D eigenvalue weighted by atomic mass is 15.3. The Hall–Kier alpha value is -8.46. The van der Waals surface area contributed by atoms with Crippen LogP contribution in [0.3, 0.4) is 0 Å². The lowest BCUT2D eigenvalue weighted by molar-refractivity contribution is 0.870.